The average Bonchev–Trinajstić information content (AvgIpc) is 3.38. The van der Waals surface area contributed by atoms with E-state index < -0.39 is 23.2 Å². The number of alkyl halides is 1. The van der Waals surface area contributed by atoms with Crippen molar-refractivity contribution in [2.75, 3.05) is 6.61 Å². The lowest BCUT2D eigenvalue weighted by Gasteiger charge is -2.36. The number of rotatable bonds is 5. The zero-order valence-corrected chi connectivity index (χ0v) is 12.7. The van der Waals surface area contributed by atoms with Crippen LogP contribution < -0.4 is 0 Å². The van der Waals surface area contributed by atoms with Crippen LogP contribution in [0.2, 0.25) is 0 Å². The van der Waals surface area contributed by atoms with Gasteiger partial charge in [-0.3, -0.25) is 4.79 Å². The van der Waals surface area contributed by atoms with E-state index in [1.54, 1.807) is 6.08 Å². The van der Waals surface area contributed by atoms with E-state index >= 15 is 0 Å². The van der Waals surface area contributed by atoms with Crippen LogP contribution in [0.1, 0.15) is 18.4 Å². The van der Waals surface area contributed by atoms with Gasteiger partial charge in [0.05, 0.1) is 0 Å². The first-order valence-corrected chi connectivity index (χ1v) is 7.64. The molecule has 1 aromatic rings. The van der Waals surface area contributed by atoms with E-state index in [1.165, 1.54) is 18.2 Å². The number of carbonyl (C=O) groups is 1. The van der Waals surface area contributed by atoms with Crippen LogP contribution in [0.25, 0.3) is 5.57 Å². The molecule has 1 saturated carbocycles. The highest BCUT2D eigenvalue weighted by Gasteiger charge is 2.67. The number of hydrogen-bond acceptors (Lipinski definition) is 3. The predicted octanol–water partition coefficient (Wildman–Crippen LogP) is 3.22. The summed E-state index contributed by atoms with van der Waals surface area (Å²) in [7, 11) is 0. The predicted molar refractivity (Wildman–Crippen MR) is 86.2 cm³/mol. The first-order valence-electron chi connectivity index (χ1n) is 7.64. The molecular formula is C19H19FO3. The summed E-state index contributed by atoms with van der Waals surface area (Å²) < 4.78 is 19.8. The van der Waals surface area contributed by atoms with Crippen molar-refractivity contribution in [1.29, 1.82) is 0 Å². The maximum atomic E-state index is 14.8. The van der Waals surface area contributed by atoms with Gasteiger partial charge in [-0.25, -0.2) is 4.39 Å². The molecule has 2 aliphatic carbocycles. The number of benzene rings is 1. The molecule has 0 spiro atoms. The van der Waals surface area contributed by atoms with Crippen molar-refractivity contribution in [3.63, 3.8) is 0 Å². The topological polar surface area (TPSA) is 46.5 Å². The number of halogens is 1. The molecule has 0 aliphatic heterocycles. The lowest BCUT2D eigenvalue weighted by Crippen LogP contribution is -2.51. The summed E-state index contributed by atoms with van der Waals surface area (Å²) in [6, 6.07) is 9.37. The van der Waals surface area contributed by atoms with Crippen LogP contribution >= 0.6 is 0 Å². The smallest absolute Gasteiger partial charge is 0.315 e. The van der Waals surface area contributed by atoms with E-state index in [4.69, 9.17) is 4.74 Å². The molecule has 1 fully saturated rings. The third-order valence-corrected chi connectivity index (χ3v) is 4.61. The van der Waals surface area contributed by atoms with E-state index in [0.717, 1.165) is 5.56 Å². The Morgan fingerprint density at radius 2 is 2.09 bits per heavy atom. The number of aliphatic hydroxyl groups is 1. The fraction of sp³-hybridized carbons (Fsp3) is 0.316. The second kappa shape index (κ2) is 5.78. The Bertz CT molecular complexity index is 673. The highest BCUT2D eigenvalue weighted by Crippen LogP contribution is 2.58. The Morgan fingerprint density at radius 1 is 1.39 bits per heavy atom. The van der Waals surface area contributed by atoms with Crippen molar-refractivity contribution >= 4 is 11.5 Å². The second-order valence-corrected chi connectivity index (χ2v) is 6.02. The summed E-state index contributed by atoms with van der Waals surface area (Å²) in [6.07, 6.45) is 5.07. The molecule has 4 heteroatoms. The van der Waals surface area contributed by atoms with Gasteiger partial charge in [0, 0.05) is 0 Å². The third kappa shape index (κ3) is 2.53. The Balaban J connectivity index is 1.85. The van der Waals surface area contributed by atoms with E-state index in [-0.39, 0.29) is 6.61 Å². The summed E-state index contributed by atoms with van der Waals surface area (Å²) >= 11 is 0. The number of esters is 1. The van der Waals surface area contributed by atoms with Crippen LogP contribution in [0.15, 0.2) is 61.2 Å². The molecule has 0 bridgehead atoms. The van der Waals surface area contributed by atoms with Gasteiger partial charge in [0.25, 0.3) is 0 Å². The SMILES string of the molecule is C=CCOC(=O)C1(C2(O)C=CC(c3ccccc3)=CC2F)CC1. The normalized spacial score (nSPS) is 27.9. The molecule has 3 rings (SSSR count). The summed E-state index contributed by atoms with van der Waals surface area (Å²) in [4.78, 5) is 12.2. The van der Waals surface area contributed by atoms with Gasteiger partial charge in [-0.05, 0) is 36.1 Å². The zero-order chi connectivity index (χ0) is 16.5. The number of allylic oxidation sites excluding steroid dienone is 2. The molecule has 2 aliphatic rings. The number of ether oxygens (including phenoxy) is 1. The average molecular weight is 314 g/mol. The van der Waals surface area contributed by atoms with Crippen molar-refractivity contribution in [3.05, 3.63) is 66.8 Å². The quantitative estimate of drug-likeness (QED) is 0.670. The van der Waals surface area contributed by atoms with E-state index in [1.807, 2.05) is 30.3 Å². The van der Waals surface area contributed by atoms with E-state index in [9.17, 15) is 14.3 Å². The summed E-state index contributed by atoms with van der Waals surface area (Å²) in [6.45, 7) is 3.54. The molecule has 3 nitrogen and oxygen atoms in total. The van der Waals surface area contributed by atoms with Gasteiger partial charge >= 0.3 is 5.97 Å². The van der Waals surface area contributed by atoms with Crippen LogP contribution in [0, 0.1) is 5.41 Å². The standard InChI is InChI=1S/C19H19FO3/c1-2-12-23-17(21)18(10-11-18)19(22)9-8-15(13-16(19)20)14-6-4-3-5-7-14/h2-9,13,16,22H,1,10-12H2. The summed E-state index contributed by atoms with van der Waals surface area (Å²) in [5.41, 5.74) is -1.49. The highest BCUT2D eigenvalue weighted by molar-refractivity contribution is 5.84. The summed E-state index contributed by atoms with van der Waals surface area (Å²) in [5, 5.41) is 10.8. The van der Waals surface area contributed by atoms with Gasteiger partial charge < -0.3 is 9.84 Å². The minimum Gasteiger partial charge on any atom is -0.461 e. The molecule has 2 atom stereocenters. The molecular weight excluding hydrogens is 295 g/mol. The van der Waals surface area contributed by atoms with Crippen molar-refractivity contribution < 1.29 is 19.0 Å². The van der Waals surface area contributed by atoms with Crippen LogP contribution in [0.4, 0.5) is 4.39 Å². The molecule has 1 N–H and O–H groups in total. The molecule has 0 amide bonds. The molecule has 1 aromatic carbocycles. The Morgan fingerprint density at radius 3 is 2.65 bits per heavy atom. The highest BCUT2D eigenvalue weighted by atomic mass is 19.1. The lowest BCUT2D eigenvalue weighted by molar-refractivity contribution is -0.161. The third-order valence-electron chi connectivity index (χ3n) is 4.61. The molecule has 2 unspecified atom stereocenters. The van der Waals surface area contributed by atoms with Gasteiger partial charge in [-0.1, -0.05) is 49.1 Å². The van der Waals surface area contributed by atoms with Crippen molar-refractivity contribution in [2.24, 2.45) is 5.41 Å². The molecule has 120 valence electrons. The van der Waals surface area contributed by atoms with E-state index in [0.29, 0.717) is 18.4 Å². The molecule has 0 saturated heterocycles. The molecule has 0 heterocycles. The number of hydrogen-bond donors (Lipinski definition) is 1. The van der Waals surface area contributed by atoms with Crippen LogP contribution in [0.3, 0.4) is 0 Å². The lowest BCUT2D eigenvalue weighted by atomic mass is 9.76. The van der Waals surface area contributed by atoms with Crippen LogP contribution in [-0.4, -0.2) is 29.5 Å². The first kappa shape index (κ1) is 15.7. The minimum atomic E-state index is -1.86. The van der Waals surface area contributed by atoms with Gasteiger partial charge in [0.1, 0.15) is 17.6 Å². The Hall–Kier alpha value is -2.20. The van der Waals surface area contributed by atoms with Crippen LogP contribution in [0.5, 0.6) is 0 Å². The summed E-state index contributed by atoms with van der Waals surface area (Å²) in [5.74, 6) is -0.566. The Kier molecular flexibility index (Phi) is 3.94. The van der Waals surface area contributed by atoms with Gasteiger partial charge in [-0.15, -0.1) is 0 Å². The monoisotopic (exact) mass is 314 g/mol. The Labute approximate surface area is 134 Å². The minimum absolute atomic E-state index is 0.0580. The largest absolute Gasteiger partial charge is 0.461 e. The van der Waals surface area contributed by atoms with Gasteiger partial charge in [0.2, 0.25) is 0 Å². The van der Waals surface area contributed by atoms with Crippen molar-refractivity contribution in [3.8, 4) is 0 Å². The molecule has 0 radical (unpaired) electrons. The van der Waals surface area contributed by atoms with Crippen molar-refractivity contribution in [2.45, 2.75) is 24.6 Å². The number of carbonyl (C=O) groups excluding carboxylic acids is 1. The van der Waals surface area contributed by atoms with Gasteiger partial charge in [-0.2, -0.15) is 0 Å². The molecule has 23 heavy (non-hydrogen) atoms. The zero-order valence-electron chi connectivity index (χ0n) is 12.7. The molecule has 0 aromatic heterocycles. The van der Waals surface area contributed by atoms with Crippen molar-refractivity contribution in [1.82, 2.24) is 0 Å². The maximum Gasteiger partial charge on any atom is 0.315 e. The fourth-order valence-electron chi connectivity index (χ4n) is 3.06. The van der Waals surface area contributed by atoms with Gasteiger partial charge in [0.15, 0.2) is 6.17 Å². The second-order valence-electron chi connectivity index (χ2n) is 6.02. The first-order chi connectivity index (χ1) is 11.0. The fourth-order valence-corrected chi connectivity index (χ4v) is 3.06. The van der Waals surface area contributed by atoms with Crippen LogP contribution in [-0.2, 0) is 9.53 Å². The van der Waals surface area contributed by atoms with E-state index in [2.05, 4.69) is 6.58 Å². The maximum absolute atomic E-state index is 14.8.